The van der Waals surface area contributed by atoms with Gasteiger partial charge in [0.25, 0.3) is 5.69 Å². The van der Waals surface area contributed by atoms with Crippen LogP contribution in [0.4, 0.5) is 5.69 Å². The Labute approximate surface area is 109 Å². The first kappa shape index (κ1) is 14.8. The number of hydrogen-bond donors (Lipinski definition) is 2. The van der Waals surface area contributed by atoms with E-state index in [2.05, 4.69) is 4.72 Å². The highest BCUT2D eigenvalue weighted by molar-refractivity contribution is 7.89. The Kier molecular flexibility index (Phi) is 4.63. The largest absolute Gasteiger partial charge is 0.329 e. The van der Waals surface area contributed by atoms with E-state index < -0.39 is 21.0 Å². The summed E-state index contributed by atoms with van der Waals surface area (Å²) in [5.41, 5.74) is 5.04. The number of rotatable bonds is 5. The van der Waals surface area contributed by atoms with Gasteiger partial charge in [0.05, 0.1) is 9.95 Å². The van der Waals surface area contributed by atoms with Crippen molar-refractivity contribution in [1.29, 1.82) is 0 Å². The molecule has 0 saturated carbocycles. The van der Waals surface area contributed by atoms with E-state index in [-0.39, 0.29) is 22.2 Å². The Hall–Kier alpha value is -1.22. The number of halogens is 1. The zero-order valence-corrected chi connectivity index (χ0v) is 11.0. The van der Waals surface area contributed by atoms with Crippen LogP contribution in [0.1, 0.15) is 6.92 Å². The number of nitrogens with two attached hydrogens (primary N) is 1. The molecule has 0 radical (unpaired) electrons. The molecule has 7 nitrogen and oxygen atoms in total. The number of hydrogen-bond acceptors (Lipinski definition) is 5. The molecule has 1 rings (SSSR count). The van der Waals surface area contributed by atoms with Gasteiger partial charge in [-0.15, -0.1) is 0 Å². The fourth-order valence-corrected chi connectivity index (χ4v) is 2.99. The lowest BCUT2D eigenvalue weighted by atomic mass is 10.3. The maximum atomic E-state index is 11.9. The molecule has 0 fully saturated rings. The molecule has 0 aromatic heterocycles. The van der Waals surface area contributed by atoms with Gasteiger partial charge in [0.15, 0.2) is 0 Å². The quantitative estimate of drug-likeness (QED) is 0.617. The summed E-state index contributed by atoms with van der Waals surface area (Å²) >= 11 is 5.73. The lowest BCUT2D eigenvalue weighted by Gasteiger charge is -2.12. The molecule has 100 valence electrons. The molecule has 0 aliphatic rings. The van der Waals surface area contributed by atoms with Crippen molar-refractivity contribution in [3.63, 3.8) is 0 Å². The van der Waals surface area contributed by atoms with Crippen molar-refractivity contribution in [2.45, 2.75) is 17.9 Å². The number of nitrogens with one attached hydrogen (secondary N) is 1. The number of benzene rings is 1. The zero-order chi connectivity index (χ0) is 13.9. The molecular weight excluding hydrogens is 282 g/mol. The molecule has 0 bridgehead atoms. The summed E-state index contributed by atoms with van der Waals surface area (Å²) in [5.74, 6) is 0. The molecule has 0 aliphatic carbocycles. The summed E-state index contributed by atoms with van der Waals surface area (Å²) < 4.78 is 26.1. The van der Waals surface area contributed by atoms with Crippen LogP contribution in [-0.4, -0.2) is 25.9 Å². The van der Waals surface area contributed by atoms with Gasteiger partial charge in [0.1, 0.15) is 4.90 Å². The average Bonchev–Trinajstić information content (AvgIpc) is 2.27. The fourth-order valence-electron chi connectivity index (χ4n) is 1.20. The summed E-state index contributed by atoms with van der Waals surface area (Å²) in [6.45, 7) is 1.72. The molecule has 1 atom stereocenters. The predicted octanol–water partition coefficient (Wildman–Crippen LogP) is 0.874. The minimum atomic E-state index is -3.83. The number of nitro groups is 1. The van der Waals surface area contributed by atoms with Gasteiger partial charge in [0, 0.05) is 24.7 Å². The molecule has 0 unspecified atom stereocenters. The second-order valence-electron chi connectivity index (χ2n) is 3.63. The summed E-state index contributed by atoms with van der Waals surface area (Å²) in [4.78, 5) is 9.64. The number of nitrogens with zero attached hydrogens (tertiary/aromatic N) is 1. The van der Waals surface area contributed by atoms with Crippen molar-refractivity contribution in [1.82, 2.24) is 4.72 Å². The third-order valence-electron chi connectivity index (χ3n) is 2.13. The topological polar surface area (TPSA) is 115 Å². The molecule has 3 N–H and O–H groups in total. The molecule has 1 aromatic carbocycles. The normalized spacial score (nSPS) is 13.3. The molecule has 1 aromatic rings. The van der Waals surface area contributed by atoms with Crippen LogP contribution in [0, 0.1) is 10.1 Å². The SMILES string of the molecule is C[C@H](CN)NS(=O)(=O)c1ccc([N+](=O)[O-])cc1Cl. The van der Waals surface area contributed by atoms with Gasteiger partial charge in [-0.05, 0) is 13.0 Å². The van der Waals surface area contributed by atoms with Crippen molar-refractivity contribution in [2.75, 3.05) is 6.54 Å². The maximum Gasteiger partial charge on any atom is 0.271 e. The van der Waals surface area contributed by atoms with E-state index in [0.717, 1.165) is 18.2 Å². The summed E-state index contributed by atoms with van der Waals surface area (Å²) in [6, 6.07) is 2.70. The highest BCUT2D eigenvalue weighted by atomic mass is 35.5. The standard InChI is InChI=1S/C9H12ClN3O4S/c1-6(5-11)12-18(16,17)9-3-2-7(13(14)15)4-8(9)10/h2-4,6,12H,5,11H2,1H3/t6-/m1/s1. The first-order valence-electron chi connectivity index (χ1n) is 4.94. The Balaban J connectivity index is 3.14. The van der Waals surface area contributed by atoms with Gasteiger partial charge in [-0.2, -0.15) is 0 Å². The Bertz CT molecular complexity index is 561. The van der Waals surface area contributed by atoms with Crippen LogP contribution in [-0.2, 0) is 10.0 Å². The van der Waals surface area contributed by atoms with Crippen LogP contribution in [0.25, 0.3) is 0 Å². The lowest BCUT2D eigenvalue weighted by Crippen LogP contribution is -2.37. The van der Waals surface area contributed by atoms with Gasteiger partial charge in [0.2, 0.25) is 10.0 Å². The maximum absolute atomic E-state index is 11.9. The first-order chi connectivity index (χ1) is 8.27. The third-order valence-corrected chi connectivity index (χ3v) is 4.20. The zero-order valence-electron chi connectivity index (χ0n) is 9.46. The van der Waals surface area contributed by atoms with E-state index in [1.165, 1.54) is 0 Å². The van der Waals surface area contributed by atoms with Crippen molar-refractivity contribution in [3.8, 4) is 0 Å². The smallest absolute Gasteiger partial charge is 0.271 e. The molecule has 9 heteroatoms. The van der Waals surface area contributed by atoms with E-state index in [9.17, 15) is 18.5 Å². The van der Waals surface area contributed by atoms with E-state index >= 15 is 0 Å². The monoisotopic (exact) mass is 293 g/mol. The van der Waals surface area contributed by atoms with Crippen molar-refractivity contribution in [3.05, 3.63) is 33.3 Å². The van der Waals surface area contributed by atoms with Gasteiger partial charge in [-0.1, -0.05) is 11.6 Å². The molecule has 0 spiro atoms. The Morgan fingerprint density at radius 2 is 2.17 bits per heavy atom. The predicted molar refractivity (Wildman–Crippen MR) is 66.9 cm³/mol. The van der Waals surface area contributed by atoms with Crippen LogP contribution < -0.4 is 10.5 Å². The van der Waals surface area contributed by atoms with Crippen molar-refractivity contribution < 1.29 is 13.3 Å². The highest BCUT2D eigenvalue weighted by Crippen LogP contribution is 2.26. The average molecular weight is 294 g/mol. The van der Waals surface area contributed by atoms with Gasteiger partial charge >= 0.3 is 0 Å². The van der Waals surface area contributed by atoms with Crippen molar-refractivity contribution >= 4 is 27.3 Å². The molecule has 0 heterocycles. The second-order valence-corrected chi connectivity index (χ2v) is 5.72. The molecule has 0 saturated heterocycles. The minimum Gasteiger partial charge on any atom is -0.329 e. The van der Waals surface area contributed by atoms with Crippen LogP contribution in [0.3, 0.4) is 0 Å². The van der Waals surface area contributed by atoms with Gasteiger partial charge in [-0.25, -0.2) is 13.1 Å². The molecule has 0 aliphatic heterocycles. The van der Waals surface area contributed by atoms with Crippen LogP contribution in [0.15, 0.2) is 23.1 Å². The summed E-state index contributed by atoms with van der Waals surface area (Å²) in [6.07, 6.45) is 0. The lowest BCUT2D eigenvalue weighted by molar-refractivity contribution is -0.384. The molecule has 0 amide bonds. The third kappa shape index (κ3) is 3.39. The van der Waals surface area contributed by atoms with Crippen LogP contribution in [0.5, 0.6) is 0 Å². The van der Waals surface area contributed by atoms with Gasteiger partial charge < -0.3 is 5.73 Å². The van der Waals surface area contributed by atoms with Crippen molar-refractivity contribution in [2.24, 2.45) is 5.73 Å². The minimum absolute atomic E-state index is 0.129. The number of non-ortho nitro benzene ring substituents is 1. The number of nitro benzene ring substituents is 1. The Morgan fingerprint density at radius 3 is 2.61 bits per heavy atom. The van der Waals surface area contributed by atoms with E-state index in [1.54, 1.807) is 6.92 Å². The van der Waals surface area contributed by atoms with E-state index in [1.807, 2.05) is 0 Å². The highest BCUT2D eigenvalue weighted by Gasteiger charge is 2.21. The van der Waals surface area contributed by atoms with E-state index in [4.69, 9.17) is 17.3 Å². The fraction of sp³-hybridized carbons (Fsp3) is 0.333. The van der Waals surface area contributed by atoms with Crippen LogP contribution in [0.2, 0.25) is 5.02 Å². The Morgan fingerprint density at radius 1 is 1.56 bits per heavy atom. The molecule has 18 heavy (non-hydrogen) atoms. The first-order valence-corrected chi connectivity index (χ1v) is 6.80. The van der Waals surface area contributed by atoms with E-state index in [0.29, 0.717) is 0 Å². The summed E-state index contributed by atoms with van der Waals surface area (Å²) in [5, 5.41) is 10.3. The van der Waals surface area contributed by atoms with Gasteiger partial charge in [-0.3, -0.25) is 10.1 Å². The number of sulfonamides is 1. The second kappa shape index (κ2) is 5.61. The summed E-state index contributed by atoms with van der Waals surface area (Å²) in [7, 11) is -3.83. The van der Waals surface area contributed by atoms with Crippen LogP contribution >= 0.6 is 11.6 Å². The molecular formula is C9H12ClN3O4S.